The van der Waals surface area contributed by atoms with Gasteiger partial charge in [-0.3, -0.25) is 0 Å². The van der Waals surface area contributed by atoms with Gasteiger partial charge in [0.25, 0.3) is 0 Å². The van der Waals surface area contributed by atoms with Crippen molar-refractivity contribution < 1.29 is 120 Å². The summed E-state index contributed by atoms with van der Waals surface area (Å²) in [6.07, 6.45) is -26.8. The number of fused-ring (bicyclic) bond motifs is 5. The lowest BCUT2D eigenvalue weighted by atomic mass is 9.35. The summed E-state index contributed by atoms with van der Waals surface area (Å²) < 4.78 is 48.2. The number of aliphatic hydroxyl groups excluding tert-OH is 15. The van der Waals surface area contributed by atoms with Crippen LogP contribution in [0.4, 0.5) is 0 Å². The summed E-state index contributed by atoms with van der Waals surface area (Å²) in [5.41, 5.74) is -4.25. The highest BCUT2D eigenvalue weighted by atomic mass is 16.8. The van der Waals surface area contributed by atoms with E-state index in [-0.39, 0.29) is 35.0 Å². The zero-order valence-corrected chi connectivity index (χ0v) is 45.4. The summed E-state index contributed by atoms with van der Waals surface area (Å²) in [4.78, 5) is 0. The Hall–Kier alpha value is -1.22. The Labute approximate surface area is 449 Å². The van der Waals surface area contributed by atoms with Crippen LogP contribution in [-0.4, -0.2) is 248 Å². The van der Waals surface area contributed by atoms with E-state index in [2.05, 4.69) is 34.6 Å². The van der Waals surface area contributed by atoms with E-state index in [1.165, 1.54) is 0 Å². The highest BCUT2D eigenvalue weighted by molar-refractivity contribution is 5.21. The van der Waals surface area contributed by atoms with Crippen molar-refractivity contribution in [1.82, 2.24) is 0 Å². The van der Waals surface area contributed by atoms with Crippen molar-refractivity contribution >= 4 is 0 Å². The summed E-state index contributed by atoms with van der Waals surface area (Å²) >= 11 is 0. The van der Waals surface area contributed by atoms with E-state index in [9.17, 15) is 81.7 Å². The molecule has 30 unspecified atom stereocenters. The van der Waals surface area contributed by atoms with Gasteiger partial charge in [-0.25, -0.2) is 0 Å². The van der Waals surface area contributed by atoms with Crippen molar-refractivity contribution in [2.24, 2.45) is 45.3 Å². The Morgan fingerprint density at radius 1 is 0.545 bits per heavy atom. The van der Waals surface area contributed by atoms with E-state index in [4.69, 9.17) is 37.9 Å². The molecule has 0 aromatic carbocycles. The standard InChI is InChI=1S/C53H90O24/c1-48(2,69)13-9-14-53(8,77-46-41(67)35(61)33(59)26(73-46)21-70-44-39(65)36(62)38(64)43(68)76-44)22-10-16-52(7)30(22)23(56)18-28-50(5)15-12-29(49(3,4)27(50)11-17-51(28,52)6)74-47-42(37(63)32(58)25(20-55)72-47)75-45-40(66)34(60)31(57)24(19-54)71-45/h9,13,22-47,54-69H,10-12,14-21H2,1-8H3. The summed E-state index contributed by atoms with van der Waals surface area (Å²) in [6.45, 7) is 14.1. The molecule has 446 valence electrons. The molecule has 77 heavy (non-hydrogen) atoms. The fraction of sp³-hybridized carbons (Fsp3) is 0.962. The maximum Gasteiger partial charge on any atom is 0.189 e. The van der Waals surface area contributed by atoms with E-state index >= 15 is 0 Å². The Morgan fingerprint density at radius 3 is 1.71 bits per heavy atom. The van der Waals surface area contributed by atoms with Crippen molar-refractivity contribution in [1.29, 1.82) is 0 Å². The first-order valence-corrected chi connectivity index (χ1v) is 27.5. The van der Waals surface area contributed by atoms with Crippen molar-refractivity contribution in [3.63, 3.8) is 0 Å². The average Bonchev–Trinajstić information content (AvgIpc) is 3.76. The minimum atomic E-state index is -1.91. The predicted octanol–water partition coefficient (Wildman–Crippen LogP) is -3.27. The number of ether oxygens (including phenoxy) is 8. The number of hydrogen-bond donors (Lipinski definition) is 16. The molecule has 8 fully saturated rings. The van der Waals surface area contributed by atoms with Gasteiger partial charge in [0.15, 0.2) is 31.5 Å². The van der Waals surface area contributed by atoms with E-state index in [0.717, 1.165) is 12.8 Å². The molecule has 4 saturated heterocycles. The Kier molecular flexibility index (Phi) is 18.3. The topological polar surface area (TPSA) is 398 Å². The molecule has 16 N–H and O–H groups in total. The molecule has 30 atom stereocenters. The lowest BCUT2D eigenvalue weighted by Crippen LogP contribution is -2.68. The maximum atomic E-state index is 12.8. The van der Waals surface area contributed by atoms with Gasteiger partial charge in [-0.1, -0.05) is 46.8 Å². The fourth-order valence-electron chi connectivity index (χ4n) is 15.9. The fourth-order valence-corrected chi connectivity index (χ4v) is 15.9. The maximum absolute atomic E-state index is 12.8. The predicted molar refractivity (Wildman–Crippen MR) is 263 cm³/mol. The third-order valence-electron chi connectivity index (χ3n) is 20.4. The number of aliphatic hydroxyl groups is 16. The largest absolute Gasteiger partial charge is 0.394 e. The molecule has 4 aliphatic heterocycles. The van der Waals surface area contributed by atoms with Gasteiger partial charge in [-0.15, -0.1) is 0 Å². The molecule has 0 spiro atoms. The average molecular weight is 1110 g/mol. The summed E-state index contributed by atoms with van der Waals surface area (Å²) in [7, 11) is 0. The van der Waals surface area contributed by atoms with Gasteiger partial charge in [-0.2, -0.15) is 0 Å². The molecule has 24 heteroatoms. The number of rotatable bonds is 15. The molecule has 4 saturated carbocycles. The minimum absolute atomic E-state index is 0.00628. The van der Waals surface area contributed by atoms with Crippen molar-refractivity contribution in [2.75, 3.05) is 19.8 Å². The van der Waals surface area contributed by atoms with Crippen LogP contribution in [0, 0.1) is 45.3 Å². The third-order valence-corrected chi connectivity index (χ3v) is 20.4. The van der Waals surface area contributed by atoms with Gasteiger partial charge >= 0.3 is 0 Å². The van der Waals surface area contributed by atoms with E-state index in [0.29, 0.717) is 32.1 Å². The van der Waals surface area contributed by atoms with Gasteiger partial charge in [-0.05, 0) is 117 Å². The van der Waals surface area contributed by atoms with Gasteiger partial charge in [0.2, 0.25) is 0 Å². The molecule has 24 nitrogen and oxygen atoms in total. The number of hydrogen-bond acceptors (Lipinski definition) is 24. The van der Waals surface area contributed by atoms with Crippen LogP contribution in [0.1, 0.15) is 107 Å². The molecule has 0 aromatic heterocycles. The van der Waals surface area contributed by atoms with E-state index in [1.807, 2.05) is 6.92 Å². The summed E-state index contributed by atoms with van der Waals surface area (Å²) in [5, 5.41) is 172. The first-order valence-electron chi connectivity index (χ1n) is 27.5. The Balaban J connectivity index is 1.02. The van der Waals surface area contributed by atoms with Crippen LogP contribution >= 0.6 is 0 Å². The molecule has 8 rings (SSSR count). The molecule has 8 aliphatic rings. The van der Waals surface area contributed by atoms with Crippen LogP contribution in [0.2, 0.25) is 0 Å². The van der Waals surface area contributed by atoms with Crippen LogP contribution in [0.5, 0.6) is 0 Å². The first-order chi connectivity index (χ1) is 35.8. The SMILES string of the molecule is CC(C)(O)C=CCC(C)(OC1OC(COC2OC(O)C(O)C(O)C2O)C(O)C(O)C1O)C1CCC2(C)C1C(O)CC1C3(C)CCC(OC4OC(CO)C(O)C(O)C4OC4OC(CO)C(O)C(O)C4O)C(C)(C)C3CCC12C. The normalized spacial score (nSPS) is 53.1. The summed E-state index contributed by atoms with van der Waals surface area (Å²) in [5.74, 6) is -0.755. The third kappa shape index (κ3) is 11.0. The molecule has 0 amide bonds. The van der Waals surface area contributed by atoms with Gasteiger partial charge in [0, 0.05) is 0 Å². The lowest BCUT2D eigenvalue weighted by Gasteiger charge is -2.71. The molecular formula is C53H90O24. The van der Waals surface area contributed by atoms with Gasteiger partial charge in [0.05, 0.1) is 43.2 Å². The van der Waals surface area contributed by atoms with E-state index in [1.54, 1.807) is 26.0 Å². The van der Waals surface area contributed by atoms with Gasteiger partial charge < -0.3 is 120 Å². The quantitative estimate of drug-likeness (QED) is 0.0565. The molecule has 4 aliphatic carbocycles. The van der Waals surface area contributed by atoms with Crippen molar-refractivity contribution in [3.8, 4) is 0 Å². The zero-order chi connectivity index (χ0) is 56.9. The second kappa shape index (κ2) is 22.7. The summed E-state index contributed by atoms with van der Waals surface area (Å²) in [6, 6.07) is 0. The minimum Gasteiger partial charge on any atom is -0.394 e. The molecule has 0 radical (unpaired) electrons. The second-order valence-corrected chi connectivity index (χ2v) is 25.9. The Morgan fingerprint density at radius 2 is 1.09 bits per heavy atom. The van der Waals surface area contributed by atoms with Crippen LogP contribution in [0.3, 0.4) is 0 Å². The second-order valence-electron chi connectivity index (χ2n) is 25.9. The van der Waals surface area contributed by atoms with E-state index < -0.39 is 183 Å². The first kappa shape index (κ1) is 61.8. The Bertz CT molecular complexity index is 2010. The molecule has 0 bridgehead atoms. The molecular weight excluding hydrogens is 1020 g/mol. The zero-order valence-electron chi connectivity index (χ0n) is 45.4. The van der Waals surface area contributed by atoms with Crippen LogP contribution in [0.15, 0.2) is 12.2 Å². The van der Waals surface area contributed by atoms with Crippen molar-refractivity contribution in [2.45, 2.75) is 253 Å². The van der Waals surface area contributed by atoms with Crippen molar-refractivity contribution in [3.05, 3.63) is 12.2 Å². The molecule has 4 heterocycles. The monoisotopic (exact) mass is 1110 g/mol. The highest BCUT2D eigenvalue weighted by Crippen LogP contribution is 2.76. The smallest absolute Gasteiger partial charge is 0.189 e. The molecule has 0 aromatic rings. The van der Waals surface area contributed by atoms with Crippen LogP contribution < -0.4 is 0 Å². The van der Waals surface area contributed by atoms with Crippen LogP contribution in [0.25, 0.3) is 0 Å². The lowest BCUT2D eigenvalue weighted by molar-refractivity contribution is -0.378. The highest BCUT2D eigenvalue weighted by Gasteiger charge is 2.72. The van der Waals surface area contributed by atoms with Gasteiger partial charge in [0.1, 0.15) is 91.6 Å². The van der Waals surface area contributed by atoms with Crippen LogP contribution in [-0.2, 0) is 37.9 Å².